The minimum absolute atomic E-state index is 0.634. The molecule has 1 fully saturated rings. The van der Waals surface area contributed by atoms with Crippen LogP contribution in [0.5, 0.6) is 0 Å². The summed E-state index contributed by atoms with van der Waals surface area (Å²) in [6, 6.07) is 0. The van der Waals surface area contributed by atoms with Gasteiger partial charge in [0.05, 0.1) is 5.71 Å². The minimum atomic E-state index is 0.634. The van der Waals surface area contributed by atoms with Crippen LogP contribution in [0.2, 0.25) is 0 Å². The highest BCUT2D eigenvalue weighted by molar-refractivity contribution is 6.00. The average Bonchev–Trinajstić information content (AvgIpc) is 2.48. The van der Waals surface area contributed by atoms with Crippen molar-refractivity contribution in [3.05, 3.63) is 24.3 Å². The Morgan fingerprint density at radius 1 is 1.40 bits per heavy atom. The normalized spacial score (nSPS) is 17.9. The summed E-state index contributed by atoms with van der Waals surface area (Å²) in [5.74, 6) is 0. The van der Waals surface area contributed by atoms with Gasteiger partial charge in [0, 0.05) is 12.6 Å². The number of nitrogens with zero attached hydrogens (tertiary/aromatic N) is 2. The molecule has 112 valence electrons. The van der Waals surface area contributed by atoms with Gasteiger partial charge in [0.25, 0.3) is 0 Å². The fourth-order valence-corrected chi connectivity index (χ4v) is 2.06. The number of hydrogen-bond acceptors (Lipinski definition) is 4. The van der Waals surface area contributed by atoms with Crippen LogP contribution in [0.4, 0.5) is 0 Å². The maximum atomic E-state index is 8.38. The SMILES string of the molecule is C=C(/C=C\C=[NH+]\O)/C(C)=N/OCCCN1CCCCC1. The van der Waals surface area contributed by atoms with Crippen LogP contribution in [0.3, 0.4) is 0 Å². The molecule has 0 aromatic rings. The fourth-order valence-electron chi connectivity index (χ4n) is 2.06. The quantitative estimate of drug-likeness (QED) is 0.228. The van der Waals surface area contributed by atoms with E-state index in [-0.39, 0.29) is 0 Å². The average molecular weight is 280 g/mol. The second kappa shape index (κ2) is 10.2. The highest BCUT2D eigenvalue weighted by atomic mass is 16.6. The zero-order valence-corrected chi connectivity index (χ0v) is 12.3. The molecule has 0 saturated carbocycles. The van der Waals surface area contributed by atoms with Crippen molar-refractivity contribution in [1.29, 1.82) is 0 Å². The largest absolute Gasteiger partial charge is 0.396 e. The molecule has 2 N–H and O–H groups in total. The van der Waals surface area contributed by atoms with Crippen LogP contribution in [-0.2, 0) is 4.84 Å². The van der Waals surface area contributed by atoms with Crippen molar-refractivity contribution >= 4 is 11.9 Å². The molecule has 0 bridgehead atoms. The number of rotatable bonds is 8. The molecule has 0 spiro atoms. The Bertz CT molecular complexity index is 369. The molecule has 5 nitrogen and oxygen atoms in total. The van der Waals surface area contributed by atoms with Crippen LogP contribution in [-0.4, -0.2) is 48.3 Å². The summed E-state index contributed by atoms with van der Waals surface area (Å²) in [5.41, 5.74) is 1.50. The molecular weight excluding hydrogens is 254 g/mol. The predicted molar refractivity (Wildman–Crippen MR) is 81.1 cm³/mol. The van der Waals surface area contributed by atoms with Crippen LogP contribution in [0.25, 0.3) is 0 Å². The van der Waals surface area contributed by atoms with Gasteiger partial charge in [-0.3, -0.25) is 5.21 Å². The molecule has 1 aliphatic heterocycles. The standard InChI is InChI=1S/C15H25N3O2/c1-14(8-6-9-16-19)15(2)17-20-13-7-12-18-10-4-3-5-11-18/h6,8-9,19H,1,3-5,7,10-13H2,2H3/p+1/b8-6-,16-9+,17-15+. The number of allylic oxidation sites excluding steroid dienone is 3. The van der Waals surface area contributed by atoms with E-state index < -0.39 is 0 Å². The number of hydrogen-bond donors (Lipinski definition) is 2. The van der Waals surface area contributed by atoms with E-state index in [0.29, 0.717) is 6.61 Å². The summed E-state index contributed by atoms with van der Waals surface area (Å²) in [4.78, 5) is 7.79. The number of likely N-dealkylation sites (tertiary alicyclic amines) is 1. The van der Waals surface area contributed by atoms with Gasteiger partial charge in [-0.05, 0) is 56.1 Å². The van der Waals surface area contributed by atoms with Crippen molar-refractivity contribution in [2.24, 2.45) is 5.16 Å². The molecule has 0 unspecified atom stereocenters. The Labute approximate surface area is 121 Å². The molecule has 20 heavy (non-hydrogen) atoms. The summed E-state index contributed by atoms with van der Waals surface area (Å²) in [6.07, 6.45) is 9.82. The van der Waals surface area contributed by atoms with E-state index in [0.717, 1.165) is 24.3 Å². The lowest BCUT2D eigenvalue weighted by Crippen LogP contribution is -2.63. The Hall–Kier alpha value is -1.62. The Morgan fingerprint density at radius 3 is 2.85 bits per heavy atom. The van der Waals surface area contributed by atoms with E-state index >= 15 is 0 Å². The maximum Gasteiger partial charge on any atom is 0.212 e. The van der Waals surface area contributed by atoms with Crippen LogP contribution in [0.15, 0.2) is 29.5 Å². The van der Waals surface area contributed by atoms with Gasteiger partial charge in [0.15, 0.2) is 0 Å². The zero-order valence-electron chi connectivity index (χ0n) is 12.3. The summed E-state index contributed by atoms with van der Waals surface area (Å²) in [5, 5.41) is 14.3. The van der Waals surface area contributed by atoms with Crippen LogP contribution >= 0.6 is 0 Å². The number of piperidine rings is 1. The molecule has 0 aliphatic carbocycles. The van der Waals surface area contributed by atoms with E-state index in [4.69, 9.17) is 10.0 Å². The molecule has 0 atom stereocenters. The lowest BCUT2D eigenvalue weighted by molar-refractivity contribution is -0.733. The summed E-state index contributed by atoms with van der Waals surface area (Å²) < 4.78 is 0. The van der Waals surface area contributed by atoms with Gasteiger partial charge >= 0.3 is 0 Å². The summed E-state index contributed by atoms with van der Waals surface area (Å²) in [7, 11) is 0. The van der Waals surface area contributed by atoms with Crippen LogP contribution in [0, 0.1) is 0 Å². The second-order valence-electron chi connectivity index (χ2n) is 4.95. The monoisotopic (exact) mass is 280 g/mol. The fraction of sp³-hybridized carbons (Fsp3) is 0.600. The second-order valence-corrected chi connectivity index (χ2v) is 4.95. The summed E-state index contributed by atoms with van der Waals surface area (Å²) in [6.45, 7) is 9.88. The van der Waals surface area contributed by atoms with Crippen molar-refractivity contribution in [3.63, 3.8) is 0 Å². The molecule has 5 heteroatoms. The smallest absolute Gasteiger partial charge is 0.212 e. The molecule has 0 aromatic carbocycles. The third kappa shape index (κ3) is 7.09. The molecule has 1 aliphatic rings. The molecule has 0 amide bonds. The van der Waals surface area contributed by atoms with Gasteiger partial charge in [-0.2, -0.15) is 0 Å². The van der Waals surface area contributed by atoms with Gasteiger partial charge in [-0.15, -0.1) is 0 Å². The Morgan fingerprint density at radius 2 is 2.15 bits per heavy atom. The topological polar surface area (TPSA) is 59.0 Å². The lowest BCUT2D eigenvalue weighted by Gasteiger charge is -2.25. The van der Waals surface area contributed by atoms with E-state index in [2.05, 4.69) is 16.6 Å². The van der Waals surface area contributed by atoms with Gasteiger partial charge in [0.1, 0.15) is 6.61 Å². The molecular formula is C15H26N3O2+. The first kappa shape index (κ1) is 16.4. The maximum absolute atomic E-state index is 8.38. The molecule has 1 saturated heterocycles. The van der Waals surface area contributed by atoms with Gasteiger partial charge in [-0.25, -0.2) is 0 Å². The van der Waals surface area contributed by atoms with Crippen LogP contribution in [0.1, 0.15) is 32.6 Å². The van der Waals surface area contributed by atoms with Crippen molar-refractivity contribution < 1.29 is 15.2 Å². The number of nitrogens with one attached hydrogen (secondary N) is 1. The Kier molecular flexibility index (Phi) is 8.38. The first-order valence-corrected chi connectivity index (χ1v) is 7.21. The molecule has 0 radical (unpaired) electrons. The van der Waals surface area contributed by atoms with Gasteiger partial charge in [0.2, 0.25) is 6.21 Å². The third-order valence-corrected chi connectivity index (χ3v) is 3.29. The van der Waals surface area contributed by atoms with E-state index in [9.17, 15) is 0 Å². The number of oxime groups is 1. The highest BCUT2D eigenvalue weighted by Gasteiger charge is 2.08. The zero-order chi connectivity index (χ0) is 14.6. The van der Waals surface area contributed by atoms with Crippen molar-refractivity contribution in [3.8, 4) is 0 Å². The van der Waals surface area contributed by atoms with Crippen LogP contribution < -0.4 is 5.16 Å². The van der Waals surface area contributed by atoms with Crippen molar-refractivity contribution in [1.82, 2.24) is 4.90 Å². The molecule has 1 heterocycles. The Balaban J connectivity index is 2.14. The molecule has 1 rings (SSSR count). The third-order valence-electron chi connectivity index (χ3n) is 3.29. The first-order valence-electron chi connectivity index (χ1n) is 7.21. The van der Waals surface area contributed by atoms with E-state index in [1.165, 1.54) is 38.6 Å². The minimum Gasteiger partial charge on any atom is -0.396 e. The van der Waals surface area contributed by atoms with Gasteiger partial charge in [-0.1, -0.05) is 18.2 Å². The van der Waals surface area contributed by atoms with Gasteiger partial charge < -0.3 is 9.74 Å². The van der Waals surface area contributed by atoms with E-state index in [1.54, 1.807) is 12.2 Å². The highest BCUT2D eigenvalue weighted by Crippen LogP contribution is 2.08. The van der Waals surface area contributed by atoms with E-state index in [1.807, 2.05) is 12.1 Å². The lowest BCUT2D eigenvalue weighted by atomic mass is 10.1. The van der Waals surface area contributed by atoms with Crippen molar-refractivity contribution in [2.45, 2.75) is 32.6 Å². The molecule has 0 aromatic heterocycles. The first-order chi connectivity index (χ1) is 9.74. The van der Waals surface area contributed by atoms with Crippen molar-refractivity contribution in [2.75, 3.05) is 26.2 Å². The predicted octanol–water partition coefficient (Wildman–Crippen LogP) is 0.908. The summed E-state index contributed by atoms with van der Waals surface area (Å²) >= 11 is 0.